The molecular formula is C5H13NO3S. The Hall–Kier alpha value is -0.130. The van der Waals surface area contributed by atoms with Crippen molar-refractivity contribution in [1.29, 1.82) is 0 Å². The van der Waals surface area contributed by atoms with E-state index in [1.54, 1.807) is 0 Å². The van der Waals surface area contributed by atoms with E-state index in [0.717, 1.165) is 12.7 Å². The summed E-state index contributed by atoms with van der Waals surface area (Å²) in [5, 5.41) is 0. The molecule has 0 saturated heterocycles. The molecule has 0 unspecified atom stereocenters. The SMILES string of the molecule is CC[C@@H](N)COS(C)(=O)=O. The largest absolute Gasteiger partial charge is 0.326 e. The van der Waals surface area contributed by atoms with Crippen molar-refractivity contribution < 1.29 is 12.6 Å². The minimum Gasteiger partial charge on any atom is -0.326 e. The van der Waals surface area contributed by atoms with Gasteiger partial charge in [0, 0.05) is 6.04 Å². The van der Waals surface area contributed by atoms with Gasteiger partial charge in [-0.2, -0.15) is 8.42 Å². The Kier molecular flexibility index (Phi) is 3.85. The fraction of sp³-hybridized carbons (Fsp3) is 1.00. The Morgan fingerprint density at radius 2 is 2.10 bits per heavy atom. The molecule has 0 aliphatic heterocycles. The molecule has 0 spiro atoms. The number of hydrogen-bond donors (Lipinski definition) is 1. The molecule has 0 fully saturated rings. The van der Waals surface area contributed by atoms with Crippen LogP contribution in [0, 0.1) is 0 Å². The minimum atomic E-state index is -3.31. The molecule has 0 bridgehead atoms. The van der Waals surface area contributed by atoms with Crippen molar-refractivity contribution in [2.45, 2.75) is 19.4 Å². The van der Waals surface area contributed by atoms with E-state index in [2.05, 4.69) is 4.18 Å². The molecule has 0 aromatic rings. The second-order valence-corrected chi connectivity index (χ2v) is 3.80. The summed E-state index contributed by atoms with van der Waals surface area (Å²) in [7, 11) is -3.31. The van der Waals surface area contributed by atoms with Crippen molar-refractivity contribution in [2.75, 3.05) is 12.9 Å². The highest BCUT2D eigenvalue weighted by molar-refractivity contribution is 7.85. The smallest absolute Gasteiger partial charge is 0.264 e. The van der Waals surface area contributed by atoms with Gasteiger partial charge in [0.15, 0.2) is 0 Å². The van der Waals surface area contributed by atoms with Crippen molar-refractivity contribution in [3.8, 4) is 0 Å². The molecule has 0 heterocycles. The lowest BCUT2D eigenvalue weighted by atomic mass is 10.3. The van der Waals surface area contributed by atoms with Gasteiger partial charge in [0.2, 0.25) is 0 Å². The predicted molar refractivity (Wildman–Crippen MR) is 39.1 cm³/mol. The molecule has 62 valence electrons. The number of hydrogen-bond acceptors (Lipinski definition) is 4. The molecule has 0 saturated carbocycles. The summed E-state index contributed by atoms with van der Waals surface area (Å²) in [4.78, 5) is 0. The first-order chi connectivity index (χ1) is 4.45. The van der Waals surface area contributed by atoms with Gasteiger partial charge in [-0.1, -0.05) is 6.92 Å². The molecule has 4 nitrogen and oxygen atoms in total. The molecule has 0 aliphatic rings. The lowest BCUT2D eigenvalue weighted by Crippen LogP contribution is -2.26. The average molecular weight is 167 g/mol. The second kappa shape index (κ2) is 3.90. The van der Waals surface area contributed by atoms with Crippen LogP contribution in [-0.4, -0.2) is 27.3 Å². The zero-order valence-electron chi connectivity index (χ0n) is 6.20. The van der Waals surface area contributed by atoms with E-state index < -0.39 is 10.1 Å². The summed E-state index contributed by atoms with van der Waals surface area (Å²) in [6, 6.07) is -0.185. The van der Waals surface area contributed by atoms with E-state index in [1.807, 2.05) is 6.92 Å². The van der Waals surface area contributed by atoms with Crippen LogP contribution in [0.25, 0.3) is 0 Å². The molecule has 0 radical (unpaired) electrons. The quantitative estimate of drug-likeness (QED) is 0.584. The monoisotopic (exact) mass is 167 g/mol. The summed E-state index contributed by atoms with van der Waals surface area (Å²) >= 11 is 0. The fourth-order valence-corrected chi connectivity index (χ4v) is 0.751. The summed E-state index contributed by atoms with van der Waals surface area (Å²) < 4.78 is 25.2. The Morgan fingerprint density at radius 3 is 2.40 bits per heavy atom. The Labute approximate surface area is 61.5 Å². The summed E-state index contributed by atoms with van der Waals surface area (Å²) in [6.07, 6.45) is 1.73. The topological polar surface area (TPSA) is 69.4 Å². The van der Waals surface area contributed by atoms with E-state index in [4.69, 9.17) is 5.73 Å². The highest BCUT2D eigenvalue weighted by Crippen LogP contribution is 1.91. The highest BCUT2D eigenvalue weighted by atomic mass is 32.2. The maximum Gasteiger partial charge on any atom is 0.264 e. The van der Waals surface area contributed by atoms with Crippen LogP contribution in [0.2, 0.25) is 0 Å². The second-order valence-electron chi connectivity index (χ2n) is 2.16. The Balaban J connectivity index is 3.56. The molecule has 0 aromatic carbocycles. The fourth-order valence-electron chi connectivity index (χ4n) is 0.329. The van der Waals surface area contributed by atoms with Gasteiger partial charge in [0.25, 0.3) is 10.1 Å². The van der Waals surface area contributed by atoms with Gasteiger partial charge < -0.3 is 5.73 Å². The number of rotatable bonds is 4. The van der Waals surface area contributed by atoms with Crippen LogP contribution in [-0.2, 0) is 14.3 Å². The van der Waals surface area contributed by atoms with Crippen molar-refractivity contribution in [2.24, 2.45) is 5.73 Å². The van der Waals surface area contributed by atoms with E-state index in [-0.39, 0.29) is 12.6 Å². The zero-order valence-corrected chi connectivity index (χ0v) is 7.02. The van der Waals surface area contributed by atoms with Gasteiger partial charge in [-0.05, 0) is 6.42 Å². The molecule has 10 heavy (non-hydrogen) atoms. The maximum absolute atomic E-state index is 10.4. The lowest BCUT2D eigenvalue weighted by Gasteiger charge is -2.06. The van der Waals surface area contributed by atoms with Crippen molar-refractivity contribution in [1.82, 2.24) is 0 Å². The van der Waals surface area contributed by atoms with Crippen molar-refractivity contribution in [3.05, 3.63) is 0 Å². The molecule has 1 atom stereocenters. The van der Waals surface area contributed by atoms with Gasteiger partial charge in [-0.3, -0.25) is 4.18 Å². The van der Waals surface area contributed by atoms with Crippen LogP contribution in [0.1, 0.15) is 13.3 Å². The third-order valence-corrected chi connectivity index (χ3v) is 1.58. The summed E-state index contributed by atoms with van der Waals surface area (Å²) in [5.74, 6) is 0. The van der Waals surface area contributed by atoms with Crippen LogP contribution >= 0.6 is 0 Å². The molecule has 0 aliphatic carbocycles. The van der Waals surface area contributed by atoms with Crippen molar-refractivity contribution >= 4 is 10.1 Å². The van der Waals surface area contributed by atoms with E-state index in [1.165, 1.54) is 0 Å². The molecule has 0 aromatic heterocycles. The molecular weight excluding hydrogens is 154 g/mol. The van der Waals surface area contributed by atoms with Gasteiger partial charge >= 0.3 is 0 Å². The van der Waals surface area contributed by atoms with E-state index in [0.29, 0.717) is 0 Å². The molecule has 2 N–H and O–H groups in total. The van der Waals surface area contributed by atoms with Crippen LogP contribution in [0.4, 0.5) is 0 Å². The van der Waals surface area contributed by atoms with E-state index >= 15 is 0 Å². The first-order valence-corrected chi connectivity index (χ1v) is 4.87. The molecule has 0 rings (SSSR count). The maximum atomic E-state index is 10.4. The van der Waals surface area contributed by atoms with Crippen LogP contribution in [0.3, 0.4) is 0 Å². The van der Waals surface area contributed by atoms with Gasteiger partial charge in [0.05, 0.1) is 12.9 Å². The van der Waals surface area contributed by atoms with Gasteiger partial charge in [-0.15, -0.1) is 0 Å². The third-order valence-electron chi connectivity index (χ3n) is 1.02. The average Bonchev–Trinajstić information content (AvgIpc) is 1.81. The van der Waals surface area contributed by atoms with E-state index in [9.17, 15) is 8.42 Å². The Bertz CT molecular complexity index is 175. The summed E-state index contributed by atoms with van der Waals surface area (Å²) in [6.45, 7) is 1.95. The Morgan fingerprint density at radius 1 is 1.60 bits per heavy atom. The first kappa shape index (κ1) is 9.87. The lowest BCUT2D eigenvalue weighted by molar-refractivity contribution is 0.291. The van der Waals surface area contributed by atoms with Gasteiger partial charge in [-0.25, -0.2) is 0 Å². The molecule has 5 heteroatoms. The molecule has 0 amide bonds. The standard InChI is InChI=1S/C5H13NO3S/c1-3-5(6)4-9-10(2,7)8/h5H,3-4,6H2,1-2H3/t5-/m1/s1. The normalized spacial score (nSPS) is 15.1. The predicted octanol–water partition coefficient (Wildman–Crippen LogP) is -0.300. The third kappa shape index (κ3) is 6.00. The summed E-state index contributed by atoms with van der Waals surface area (Å²) in [5.41, 5.74) is 5.39. The van der Waals surface area contributed by atoms with Crippen LogP contribution < -0.4 is 5.73 Å². The highest BCUT2D eigenvalue weighted by Gasteiger charge is 2.04. The van der Waals surface area contributed by atoms with Crippen LogP contribution in [0.5, 0.6) is 0 Å². The minimum absolute atomic E-state index is 0.0787. The first-order valence-electron chi connectivity index (χ1n) is 3.05. The number of nitrogens with two attached hydrogens (primary N) is 1. The zero-order chi connectivity index (χ0) is 8.20. The van der Waals surface area contributed by atoms with Gasteiger partial charge in [0.1, 0.15) is 0 Å². The van der Waals surface area contributed by atoms with Crippen molar-refractivity contribution in [3.63, 3.8) is 0 Å². The van der Waals surface area contributed by atoms with Crippen LogP contribution in [0.15, 0.2) is 0 Å².